The Bertz CT molecular complexity index is 730. The van der Waals surface area contributed by atoms with Crippen molar-refractivity contribution in [2.45, 2.75) is 43.3 Å². The van der Waals surface area contributed by atoms with Crippen molar-refractivity contribution >= 4 is 23.4 Å². The maximum absolute atomic E-state index is 12.2. The smallest absolute Gasteiger partial charge is 0.237 e. The molecule has 2 aromatic rings. The molecular formula is C17H18N2O2S. The number of hydrogen-bond acceptors (Lipinski definition) is 4. The number of amides is 1. The molecule has 0 spiro atoms. The van der Waals surface area contributed by atoms with Crippen LogP contribution in [0.3, 0.4) is 0 Å². The summed E-state index contributed by atoms with van der Waals surface area (Å²) in [7, 11) is 0. The van der Waals surface area contributed by atoms with Gasteiger partial charge in [0.25, 0.3) is 0 Å². The molecule has 22 heavy (non-hydrogen) atoms. The first-order valence-electron chi connectivity index (χ1n) is 7.66. The van der Waals surface area contributed by atoms with Gasteiger partial charge in [0.1, 0.15) is 5.76 Å². The number of thioether (sulfide) groups is 1. The lowest BCUT2D eigenvalue weighted by Gasteiger charge is -2.24. The second-order valence-corrected chi connectivity index (χ2v) is 7.43. The van der Waals surface area contributed by atoms with Gasteiger partial charge in [-0.15, -0.1) is 11.8 Å². The van der Waals surface area contributed by atoms with E-state index in [0.717, 1.165) is 45.5 Å². The van der Waals surface area contributed by atoms with Crippen LogP contribution in [0.2, 0.25) is 0 Å². The number of anilines is 1. The zero-order chi connectivity index (χ0) is 15.3. The van der Waals surface area contributed by atoms with Crippen LogP contribution in [-0.2, 0) is 4.79 Å². The van der Waals surface area contributed by atoms with Crippen molar-refractivity contribution < 1.29 is 9.32 Å². The Morgan fingerprint density at radius 2 is 2.18 bits per heavy atom. The molecule has 2 heterocycles. The van der Waals surface area contributed by atoms with Crippen molar-refractivity contribution in [1.29, 1.82) is 0 Å². The van der Waals surface area contributed by atoms with Crippen molar-refractivity contribution in [2.75, 3.05) is 5.32 Å². The predicted molar refractivity (Wildman–Crippen MR) is 87.0 cm³/mol. The van der Waals surface area contributed by atoms with Crippen molar-refractivity contribution in [3.05, 3.63) is 29.7 Å². The molecule has 1 fully saturated rings. The molecule has 1 aliphatic heterocycles. The first-order chi connectivity index (χ1) is 10.6. The number of benzene rings is 1. The highest BCUT2D eigenvalue weighted by molar-refractivity contribution is 8.01. The number of carbonyl (C=O) groups excluding carboxylic acids is 1. The van der Waals surface area contributed by atoms with Gasteiger partial charge in [0.15, 0.2) is 0 Å². The van der Waals surface area contributed by atoms with Crippen LogP contribution in [0.1, 0.15) is 30.7 Å². The Labute approximate surface area is 133 Å². The molecule has 5 heteroatoms. The molecule has 1 aromatic heterocycles. The van der Waals surface area contributed by atoms with E-state index in [0.29, 0.717) is 0 Å². The van der Waals surface area contributed by atoms with E-state index >= 15 is 0 Å². The van der Waals surface area contributed by atoms with E-state index in [4.69, 9.17) is 4.52 Å². The summed E-state index contributed by atoms with van der Waals surface area (Å²) in [5.74, 6) is 1.72. The highest BCUT2D eigenvalue weighted by atomic mass is 32.2. The molecule has 1 aliphatic carbocycles. The average Bonchev–Trinajstić information content (AvgIpc) is 3.24. The Morgan fingerprint density at radius 3 is 2.86 bits per heavy atom. The van der Waals surface area contributed by atoms with Crippen LogP contribution in [0.15, 0.2) is 27.6 Å². The van der Waals surface area contributed by atoms with E-state index in [2.05, 4.69) is 16.5 Å². The van der Waals surface area contributed by atoms with Crippen LogP contribution in [0, 0.1) is 19.8 Å². The number of nitrogens with one attached hydrogen (secondary N) is 1. The minimum Gasteiger partial charge on any atom is -0.361 e. The minimum atomic E-state index is 0.0416. The number of nitrogens with zero attached hydrogens (tertiary/aromatic N) is 1. The summed E-state index contributed by atoms with van der Waals surface area (Å²) in [6, 6.07) is 6.15. The highest BCUT2D eigenvalue weighted by Gasteiger charge is 2.33. The maximum atomic E-state index is 12.2. The number of carbonyl (C=O) groups is 1. The second kappa shape index (κ2) is 5.16. The summed E-state index contributed by atoms with van der Waals surface area (Å²) in [6.45, 7) is 3.88. The molecule has 4 nitrogen and oxygen atoms in total. The van der Waals surface area contributed by atoms with Gasteiger partial charge in [0.2, 0.25) is 5.91 Å². The largest absolute Gasteiger partial charge is 0.361 e. The lowest BCUT2D eigenvalue weighted by Crippen LogP contribution is -2.29. The summed E-state index contributed by atoms with van der Waals surface area (Å²) in [5.41, 5.74) is 3.97. The zero-order valence-corrected chi connectivity index (χ0v) is 13.5. The van der Waals surface area contributed by atoms with Crippen LogP contribution < -0.4 is 5.32 Å². The van der Waals surface area contributed by atoms with E-state index in [-0.39, 0.29) is 11.2 Å². The normalized spacial score (nSPS) is 20.6. The molecule has 114 valence electrons. The van der Waals surface area contributed by atoms with Crippen LogP contribution >= 0.6 is 11.8 Å². The third-order valence-corrected chi connectivity index (χ3v) is 5.65. The Kier molecular flexibility index (Phi) is 3.26. The van der Waals surface area contributed by atoms with Gasteiger partial charge < -0.3 is 9.84 Å². The van der Waals surface area contributed by atoms with E-state index in [1.165, 1.54) is 12.8 Å². The summed E-state index contributed by atoms with van der Waals surface area (Å²) in [5, 5.41) is 7.12. The molecule has 1 aromatic carbocycles. The molecule has 1 N–H and O–H groups in total. The number of hydrogen-bond donors (Lipinski definition) is 1. The first kappa shape index (κ1) is 13.9. The highest BCUT2D eigenvalue weighted by Crippen LogP contribution is 2.44. The zero-order valence-electron chi connectivity index (χ0n) is 12.7. The fourth-order valence-electron chi connectivity index (χ4n) is 3.01. The van der Waals surface area contributed by atoms with Gasteiger partial charge in [-0.2, -0.15) is 0 Å². The summed E-state index contributed by atoms with van der Waals surface area (Å²) >= 11 is 1.69. The van der Waals surface area contributed by atoms with Crippen LogP contribution in [0.25, 0.3) is 11.1 Å². The molecule has 0 saturated heterocycles. The minimum absolute atomic E-state index is 0.0416. The quantitative estimate of drug-likeness (QED) is 0.923. The van der Waals surface area contributed by atoms with Gasteiger partial charge in [-0.25, -0.2) is 0 Å². The predicted octanol–water partition coefficient (Wildman–Crippen LogP) is 4.17. The summed E-state index contributed by atoms with van der Waals surface area (Å²) in [4.78, 5) is 13.3. The van der Waals surface area contributed by atoms with Gasteiger partial charge in [0.05, 0.1) is 16.6 Å². The summed E-state index contributed by atoms with van der Waals surface area (Å²) in [6.07, 6.45) is 3.54. The molecule has 1 amide bonds. The molecule has 2 aliphatic rings. The molecule has 1 saturated carbocycles. The lowest BCUT2D eigenvalue weighted by molar-refractivity contribution is -0.116. The van der Waals surface area contributed by atoms with E-state index < -0.39 is 0 Å². The SMILES string of the molecule is Cc1noc(C)c1-c1ccc2c(c1)SC(CC1CC1)C(=O)N2. The topological polar surface area (TPSA) is 55.1 Å². The van der Waals surface area contributed by atoms with E-state index in [1.54, 1.807) is 11.8 Å². The summed E-state index contributed by atoms with van der Waals surface area (Å²) < 4.78 is 5.27. The molecule has 4 rings (SSSR count). The van der Waals surface area contributed by atoms with Gasteiger partial charge >= 0.3 is 0 Å². The van der Waals surface area contributed by atoms with E-state index in [9.17, 15) is 4.79 Å². The number of fused-ring (bicyclic) bond motifs is 1. The Hall–Kier alpha value is -1.75. The molecule has 0 bridgehead atoms. The van der Waals surface area contributed by atoms with Crippen LogP contribution in [0.4, 0.5) is 5.69 Å². The third-order valence-electron chi connectivity index (χ3n) is 4.37. The van der Waals surface area contributed by atoms with Gasteiger partial charge in [-0.1, -0.05) is 24.1 Å². The van der Waals surface area contributed by atoms with Crippen LogP contribution in [-0.4, -0.2) is 16.3 Å². The molecular weight excluding hydrogens is 296 g/mol. The standard InChI is InChI=1S/C17H18N2O2S/c1-9-16(10(2)21-19-9)12-5-6-13-14(8-12)22-15(17(20)18-13)7-11-3-4-11/h5-6,8,11,15H,3-4,7H2,1-2H3,(H,18,20). The maximum Gasteiger partial charge on any atom is 0.237 e. The Morgan fingerprint density at radius 1 is 1.36 bits per heavy atom. The molecule has 1 unspecified atom stereocenters. The van der Waals surface area contributed by atoms with Gasteiger partial charge in [-0.3, -0.25) is 4.79 Å². The second-order valence-electron chi connectivity index (χ2n) is 6.18. The fraction of sp³-hybridized carbons (Fsp3) is 0.412. The lowest BCUT2D eigenvalue weighted by atomic mass is 10.0. The number of rotatable bonds is 3. The monoisotopic (exact) mass is 314 g/mol. The first-order valence-corrected chi connectivity index (χ1v) is 8.54. The van der Waals surface area contributed by atoms with Crippen molar-refractivity contribution in [2.24, 2.45) is 5.92 Å². The Balaban J connectivity index is 1.67. The van der Waals surface area contributed by atoms with Crippen molar-refractivity contribution in [1.82, 2.24) is 5.16 Å². The van der Waals surface area contributed by atoms with Crippen molar-refractivity contribution in [3.63, 3.8) is 0 Å². The average molecular weight is 314 g/mol. The third kappa shape index (κ3) is 2.43. The fourth-order valence-corrected chi connectivity index (χ4v) is 4.29. The number of aryl methyl sites for hydroxylation is 2. The number of aromatic nitrogens is 1. The molecule has 1 atom stereocenters. The molecule has 0 radical (unpaired) electrons. The van der Waals surface area contributed by atoms with Gasteiger partial charge in [0, 0.05) is 10.5 Å². The van der Waals surface area contributed by atoms with Crippen LogP contribution in [0.5, 0.6) is 0 Å². The van der Waals surface area contributed by atoms with Gasteiger partial charge in [-0.05, 0) is 43.9 Å². The van der Waals surface area contributed by atoms with E-state index in [1.807, 2.05) is 26.0 Å². The van der Waals surface area contributed by atoms with Crippen molar-refractivity contribution in [3.8, 4) is 11.1 Å².